The van der Waals surface area contributed by atoms with Crippen molar-refractivity contribution >= 4 is 22.8 Å². The van der Waals surface area contributed by atoms with Crippen LogP contribution < -0.4 is 10.1 Å². The minimum absolute atomic E-state index is 0.0103. The molecule has 0 radical (unpaired) electrons. The molecule has 30 heavy (non-hydrogen) atoms. The van der Waals surface area contributed by atoms with Gasteiger partial charge in [-0.05, 0) is 42.7 Å². The zero-order chi connectivity index (χ0) is 21.5. The van der Waals surface area contributed by atoms with Gasteiger partial charge in [-0.1, -0.05) is 24.3 Å². The number of hydrogen-bond donors (Lipinski definition) is 1. The molecule has 0 saturated heterocycles. The third kappa shape index (κ3) is 6.04. The van der Waals surface area contributed by atoms with Gasteiger partial charge in [0.25, 0.3) is 5.91 Å². The first-order valence-corrected chi connectivity index (χ1v) is 9.33. The van der Waals surface area contributed by atoms with Gasteiger partial charge in [0, 0.05) is 17.5 Å². The van der Waals surface area contributed by atoms with E-state index in [1.165, 1.54) is 18.4 Å². The number of rotatable bonds is 9. The number of nitrogens with one attached hydrogen (secondary N) is 1. The van der Waals surface area contributed by atoms with Crippen LogP contribution in [0.4, 0.5) is 8.78 Å². The summed E-state index contributed by atoms with van der Waals surface area (Å²) < 4.78 is 39.0. The summed E-state index contributed by atoms with van der Waals surface area (Å²) in [6, 6.07) is 11.9. The van der Waals surface area contributed by atoms with Crippen LogP contribution in [0.3, 0.4) is 0 Å². The molecule has 3 rings (SSSR count). The van der Waals surface area contributed by atoms with Gasteiger partial charge in [0.05, 0.1) is 12.7 Å². The van der Waals surface area contributed by atoms with E-state index < -0.39 is 18.5 Å². The third-order valence-electron chi connectivity index (χ3n) is 4.39. The molecule has 1 aromatic heterocycles. The van der Waals surface area contributed by atoms with Crippen molar-refractivity contribution in [3.63, 3.8) is 0 Å². The lowest BCUT2D eigenvalue weighted by atomic mass is 10.1. The molecule has 0 atom stereocenters. The van der Waals surface area contributed by atoms with Gasteiger partial charge in [-0.25, -0.2) is 0 Å². The van der Waals surface area contributed by atoms with Crippen molar-refractivity contribution in [1.29, 1.82) is 0 Å². The Hall–Kier alpha value is -3.42. The highest BCUT2D eigenvalue weighted by molar-refractivity contribution is 5.87. The number of carbonyl (C=O) groups is 2. The van der Waals surface area contributed by atoms with Gasteiger partial charge in [0.1, 0.15) is 11.3 Å². The van der Waals surface area contributed by atoms with Gasteiger partial charge < -0.3 is 19.2 Å². The first-order valence-electron chi connectivity index (χ1n) is 9.33. The molecule has 0 fully saturated rings. The average Bonchev–Trinajstić information content (AvgIpc) is 3.09. The molecule has 0 aliphatic heterocycles. The van der Waals surface area contributed by atoms with Crippen molar-refractivity contribution in [1.82, 2.24) is 5.32 Å². The number of carbonyl (C=O) groups excluding carboxylic acids is 2. The molecule has 8 heteroatoms. The molecule has 158 valence electrons. The van der Waals surface area contributed by atoms with E-state index in [-0.39, 0.29) is 18.8 Å². The van der Waals surface area contributed by atoms with Gasteiger partial charge in [0.15, 0.2) is 6.61 Å². The molecule has 0 saturated carbocycles. The molecule has 0 spiro atoms. The fraction of sp³-hybridized carbons (Fsp3) is 0.273. The van der Waals surface area contributed by atoms with Crippen molar-refractivity contribution in [3.05, 3.63) is 65.4 Å². The summed E-state index contributed by atoms with van der Waals surface area (Å²) in [4.78, 5) is 23.9. The summed E-state index contributed by atoms with van der Waals surface area (Å²) in [5.41, 5.74) is 3.30. The Kier molecular flexibility index (Phi) is 7.00. The van der Waals surface area contributed by atoms with Gasteiger partial charge in [-0.3, -0.25) is 9.59 Å². The molecular formula is C22H21F2NO5. The maximum atomic E-state index is 12.1. The van der Waals surface area contributed by atoms with Crippen LogP contribution in [0.1, 0.15) is 16.7 Å². The zero-order valence-electron chi connectivity index (χ0n) is 16.3. The lowest BCUT2D eigenvalue weighted by Gasteiger charge is -2.08. The fourth-order valence-electron chi connectivity index (χ4n) is 2.91. The Labute approximate surface area is 171 Å². The van der Waals surface area contributed by atoms with Crippen molar-refractivity contribution in [2.75, 3.05) is 13.2 Å². The number of fused-ring (bicyclic) bond motifs is 1. The van der Waals surface area contributed by atoms with E-state index in [2.05, 4.69) is 10.1 Å². The highest BCUT2D eigenvalue weighted by Gasteiger charge is 2.13. The molecule has 0 aliphatic rings. The van der Waals surface area contributed by atoms with E-state index in [4.69, 9.17) is 9.15 Å². The molecule has 0 unspecified atom stereocenters. The largest absolute Gasteiger partial charge is 0.464 e. The molecule has 0 aliphatic carbocycles. The number of amides is 1. The van der Waals surface area contributed by atoms with Crippen LogP contribution in [0.2, 0.25) is 0 Å². The van der Waals surface area contributed by atoms with Gasteiger partial charge >= 0.3 is 12.6 Å². The molecule has 1 heterocycles. The summed E-state index contributed by atoms with van der Waals surface area (Å²) in [7, 11) is 0. The van der Waals surface area contributed by atoms with Crippen molar-refractivity contribution in [2.24, 2.45) is 0 Å². The Balaban J connectivity index is 1.38. The Morgan fingerprint density at radius 3 is 2.63 bits per heavy atom. The number of hydrogen-bond acceptors (Lipinski definition) is 5. The molecule has 1 amide bonds. The Bertz CT molecular complexity index is 1010. The fourth-order valence-corrected chi connectivity index (χ4v) is 2.91. The van der Waals surface area contributed by atoms with Gasteiger partial charge in [-0.15, -0.1) is 0 Å². The summed E-state index contributed by atoms with van der Waals surface area (Å²) in [6.45, 7) is -0.980. The quantitative estimate of drug-likeness (QED) is 0.536. The van der Waals surface area contributed by atoms with Crippen molar-refractivity contribution in [2.45, 2.75) is 26.4 Å². The summed E-state index contributed by atoms with van der Waals surface area (Å²) in [5, 5.41) is 3.48. The monoisotopic (exact) mass is 417 g/mol. The highest BCUT2D eigenvalue weighted by atomic mass is 19.3. The molecular weight excluding hydrogens is 396 g/mol. The van der Waals surface area contributed by atoms with Gasteiger partial charge in [-0.2, -0.15) is 8.78 Å². The smallest absolute Gasteiger partial charge is 0.387 e. The molecule has 1 N–H and O–H groups in total. The summed E-state index contributed by atoms with van der Waals surface area (Å²) in [6.07, 6.45) is 2.02. The first-order chi connectivity index (χ1) is 14.4. The second kappa shape index (κ2) is 9.87. The van der Waals surface area contributed by atoms with E-state index in [1.54, 1.807) is 12.1 Å². The number of ether oxygens (including phenoxy) is 2. The van der Waals surface area contributed by atoms with E-state index >= 15 is 0 Å². The number of aryl methyl sites for hydroxylation is 1. The zero-order valence-corrected chi connectivity index (χ0v) is 16.3. The van der Waals surface area contributed by atoms with Gasteiger partial charge in [0.2, 0.25) is 0 Å². The van der Waals surface area contributed by atoms with E-state index in [1.807, 2.05) is 25.1 Å². The average molecular weight is 417 g/mol. The third-order valence-corrected chi connectivity index (χ3v) is 4.39. The van der Waals surface area contributed by atoms with Crippen LogP contribution in [0, 0.1) is 6.92 Å². The second-order valence-electron chi connectivity index (χ2n) is 6.72. The lowest BCUT2D eigenvalue weighted by Crippen LogP contribution is -2.30. The topological polar surface area (TPSA) is 77.8 Å². The summed E-state index contributed by atoms with van der Waals surface area (Å²) >= 11 is 0. The Morgan fingerprint density at radius 2 is 1.90 bits per heavy atom. The number of esters is 1. The second-order valence-corrected chi connectivity index (χ2v) is 6.72. The standard InChI is InChI=1S/C22H21F2NO5/c1-14-2-7-18-16(12-28-19(18)10-14)11-21(27)29-13-20(26)25-9-8-15-3-5-17(6-4-15)30-22(23)24/h2-7,10,12,22H,8-9,11,13H2,1H3,(H,25,26). The summed E-state index contributed by atoms with van der Waals surface area (Å²) in [5.74, 6) is -0.873. The van der Waals surface area contributed by atoms with Crippen LogP contribution >= 0.6 is 0 Å². The normalized spacial score (nSPS) is 10.9. The number of alkyl halides is 2. The highest BCUT2D eigenvalue weighted by Crippen LogP contribution is 2.23. The lowest BCUT2D eigenvalue weighted by molar-refractivity contribution is -0.147. The van der Waals surface area contributed by atoms with E-state index in [9.17, 15) is 18.4 Å². The number of halogens is 2. The maximum absolute atomic E-state index is 12.1. The molecule has 6 nitrogen and oxygen atoms in total. The molecule has 0 bridgehead atoms. The first kappa shape index (κ1) is 21.3. The molecule has 2 aromatic carbocycles. The number of benzene rings is 2. The van der Waals surface area contributed by atoms with E-state index in [0.717, 1.165) is 16.5 Å². The van der Waals surface area contributed by atoms with Crippen molar-refractivity contribution in [3.8, 4) is 5.75 Å². The Morgan fingerprint density at radius 1 is 1.13 bits per heavy atom. The predicted molar refractivity (Wildman–Crippen MR) is 105 cm³/mol. The van der Waals surface area contributed by atoms with E-state index in [0.29, 0.717) is 24.1 Å². The minimum atomic E-state index is -2.87. The predicted octanol–water partition coefficient (Wildman–Crippen LogP) is 3.79. The van der Waals surface area contributed by atoms with Crippen LogP contribution in [-0.2, 0) is 27.2 Å². The van der Waals surface area contributed by atoms with Crippen molar-refractivity contribution < 1.29 is 32.3 Å². The maximum Gasteiger partial charge on any atom is 0.387 e. The van der Waals surface area contributed by atoms with Crippen LogP contribution in [-0.4, -0.2) is 31.6 Å². The minimum Gasteiger partial charge on any atom is -0.464 e. The van der Waals surface area contributed by atoms with Crippen LogP contribution in [0.25, 0.3) is 11.0 Å². The molecule has 3 aromatic rings. The van der Waals surface area contributed by atoms with Crippen LogP contribution in [0.15, 0.2) is 53.1 Å². The van der Waals surface area contributed by atoms with Crippen LogP contribution in [0.5, 0.6) is 5.75 Å². The number of furan rings is 1. The SMILES string of the molecule is Cc1ccc2c(CC(=O)OCC(=O)NCCc3ccc(OC(F)F)cc3)coc2c1.